The molecule has 132 valence electrons. The molecule has 2 saturated heterocycles. The van der Waals surface area contributed by atoms with Crippen molar-refractivity contribution in [3.05, 3.63) is 65.0 Å². The zero-order valence-electron chi connectivity index (χ0n) is 15.0. The van der Waals surface area contributed by atoms with Gasteiger partial charge in [0.1, 0.15) is 5.60 Å². The van der Waals surface area contributed by atoms with Gasteiger partial charge in [-0.2, -0.15) is 0 Å². The highest BCUT2D eigenvalue weighted by atomic mass is 16.5. The highest BCUT2D eigenvalue weighted by molar-refractivity contribution is 5.29. The van der Waals surface area contributed by atoms with Crippen molar-refractivity contribution in [2.75, 3.05) is 13.2 Å². The van der Waals surface area contributed by atoms with Gasteiger partial charge in [-0.05, 0) is 43.4 Å². The predicted molar refractivity (Wildman–Crippen MR) is 97.2 cm³/mol. The van der Waals surface area contributed by atoms with E-state index >= 15 is 0 Å². The first-order valence-corrected chi connectivity index (χ1v) is 9.09. The number of hydrogen-bond donors (Lipinski definition) is 1. The fraction of sp³-hybridized carbons (Fsp3) is 0.476. The summed E-state index contributed by atoms with van der Waals surface area (Å²) in [5.41, 5.74) is 3.51. The van der Waals surface area contributed by atoms with Crippen LogP contribution in [-0.4, -0.2) is 40.3 Å². The van der Waals surface area contributed by atoms with Crippen LogP contribution >= 0.6 is 0 Å². The van der Waals surface area contributed by atoms with E-state index in [4.69, 9.17) is 4.74 Å². The lowest BCUT2D eigenvalue weighted by atomic mass is 9.77. The summed E-state index contributed by atoms with van der Waals surface area (Å²) in [7, 11) is 0. The number of benzene rings is 1. The Hall–Kier alpha value is -1.75. The minimum atomic E-state index is -0.857. The van der Waals surface area contributed by atoms with Crippen molar-refractivity contribution in [1.29, 1.82) is 0 Å². The Kier molecular flexibility index (Phi) is 4.36. The first-order valence-electron chi connectivity index (χ1n) is 9.09. The van der Waals surface area contributed by atoms with E-state index in [2.05, 4.69) is 47.1 Å². The molecule has 2 aliphatic rings. The second kappa shape index (κ2) is 6.52. The SMILES string of the molecule is Cc1cnc(C2(O)CC3COCC(C2)N3Cc2ccccc2)c(C)c1. The molecule has 0 amide bonds. The molecule has 2 fully saturated rings. The zero-order valence-corrected chi connectivity index (χ0v) is 15.0. The summed E-state index contributed by atoms with van der Waals surface area (Å²) < 4.78 is 5.81. The van der Waals surface area contributed by atoms with Crippen LogP contribution in [0.15, 0.2) is 42.6 Å². The summed E-state index contributed by atoms with van der Waals surface area (Å²) >= 11 is 0. The molecule has 2 aromatic rings. The monoisotopic (exact) mass is 338 g/mol. The Labute approximate surface area is 149 Å². The van der Waals surface area contributed by atoms with Crippen LogP contribution in [0.1, 0.15) is 35.2 Å². The molecule has 4 heteroatoms. The van der Waals surface area contributed by atoms with Gasteiger partial charge in [-0.3, -0.25) is 9.88 Å². The standard InChI is InChI=1S/C21H26N2O2/c1-15-8-16(2)20(22-11-15)21(24)9-18-13-25-14-19(10-21)23(18)12-17-6-4-3-5-7-17/h3-8,11,18-19,24H,9-10,12-14H2,1-2H3. The van der Waals surface area contributed by atoms with E-state index in [9.17, 15) is 5.11 Å². The van der Waals surface area contributed by atoms with Crippen LogP contribution in [0.2, 0.25) is 0 Å². The quantitative estimate of drug-likeness (QED) is 0.935. The van der Waals surface area contributed by atoms with Crippen molar-refractivity contribution in [1.82, 2.24) is 9.88 Å². The van der Waals surface area contributed by atoms with Gasteiger partial charge in [-0.1, -0.05) is 36.4 Å². The Morgan fingerprint density at radius 2 is 1.84 bits per heavy atom. The van der Waals surface area contributed by atoms with Crippen LogP contribution in [0.5, 0.6) is 0 Å². The summed E-state index contributed by atoms with van der Waals surface area (Å²) in [6, 6.07) is 13.1. The number of fused-ring (bicyclic) bond motifs is 2. The van der Waals surface area contributed by atoms with Crippen molar-refractivity contribution in [2.24, 2.45) is 0 Å². The summed E-state index contributed by atoms with van der Waals surface area (Å²) in [5, 5.41) is 11.5. The fourth-order valence-corrected chi connectivity index (χ4v) is 4.49. The van der Waals surface area contributed by atoms with Crippen molar-refractivity contribution in [3.8, 4) is 0 Å². The van der Waals surface area contributed by atoms with Crippen molar-refractivity contribution >= 4 is 0 Å². The molecule has 2 unspecified atom stereocenters. The lowest BCUT2D eigenvalue weighted by Gasteiger charge is -2.51. The average molecular weight is 338 g/mol. The van der Waals surface area contributed by atoms with E-state index < -0.39 is 5.60 Å². The van der Waals surface area contributed by atoms with Gasteiger partial charge in [0.05, 0.1) is 18.9 Å². The number of rotatable bonds is 3. The largest absolute Gasteiger partial charge is 0.383 e. The molecular weight excluding hydrogens is 312 g/mol. The number of aliphatic hydroxyl groups is 1. The summed E-state index contributed by atoms with van der Waals surface area (Å²) in [4.78, 5) is 7.11. The van der Waals surface area contributed by atoms with Crippen LogP contribution in [0.4, 0.5) is 0 Å². The third kappa shape index (κ3) is 3.22. The van der Waals surface area contributed by atoms with Gasteiger partial charge in [0.15, 0.2) is 0 Å². The van der Waals surface area contributed by atoms with Gasteiger partial charge in [0, 0.05) is 24.8 Å². The molecule has 25 heavy (non-hydrogen) atoms. The molecule has 1 aromatic carbocycles. The zero-order chi connectivity index (χ0) is 17.4. The lowest BCUT2D eigenvalue weighted by molar-refractivity contribution is -0.151. The van der Waals surface area contributed by atoms with Crippen LogP contribution < -0.4 is 0 Å². The summed E-state index contributed by atoms with van der Waals surface area (Å²) in [6.07, 6.45) is 3.21. The second-order valence-electron chi connectivity index (χ2n) is 7.62. The van der Waals surface area contributed by atoms with Crippen molar-refractivity contribution < 1.29 is 9.84 Å². The van der Waals surface area contributed by atoms with E-state index in [-0.39, 0.29) is 12.1 Å². The van der Waals surface area contributed by atoms with E-state index in [1.807, 2.05) is 19.2 Å². The maximum atomic E-state index is 11.5. The minimum Gasteiger partial charge on any atom is -0.383 e. The van der Waals surface area contributed by atoms with Crippen LogP contribution in [0, 0.1) is 13.8 Å². The molecule has 0 spiro atoms. The number of aryl methyl sites for hydroxylation is 2. The number of aromatic nitrogens is 1. The maximum absolute atomic E-state index is 11.5. The molecule has 2 aliphatic heterocycles. The normalized spacial score (nSPS) is 29.6. The van der Waals surface area contributed by atoms with Gasteiger partial charge in [0.2, 0.25) is 0 Å². The molecule has 2 atom stereocenters. The first-order chi connectivity index (χ1) is 12.0. The smallest absolute Gasteiger partial charge is 0.110 e. The van der Waals surface area contributed by atoms with Gasteiger partial charge < -0.3 is 9.84 Å². The number of ether oxygens (including phenoxy) is 1. The van der Waals surface area contributed by atoms with Crippen molar-refractivity contribution in [3.63, 3.8) is 0 Å². The number of pyridine rings is 1. The maximum Gasteiger partial charge on any atom is 0.110 e. The molecule has 2 bridgehead atoms. The number of morpholine rings is 1. The molecule has 0 radical (unpaired) electrons. The second-order valence-corrected chi connectivity index (χ2v) is 7.62. The van der Waals surface area contributed by atoms with Crippen molar-refractivity contribution in [2.45, 2.75) is 50.9 Å². The topological polar surface area (TPSA) is 45.6 Å². The van der Waals surface area contributed by atoms with Crippen LogP contribution in [-0.2, 0) is 16.9 Å². The predicted octanol–water partition coefficient (Wildman–Crippen LogP) is 2.95. The fourth-order valence-electron chi connectivity index (χ4n) is 4.49. The van der Waals surface area contributed by atoms with E-state index in [0.29, 0.717) is 26.1 Å². The third-order valence-corrected chi connectivity index (χ3v) is 5.57. The average Bonchev–Trinajstić information content (AvgIpc) is 2.57. The molecule has 0 saturated carbocycles. The van der Waals surface area contributed by atoms with Gasteiger partial charge in [0.25, 0.3) is 0 Å². The molecule has 1 aromatic heterocycles. The third-order valence-electron chi connectivity index (χ3n) is 5.57. The van der Waals surface area contributed by atoms with Gasteiger partial charge in [-0.15, -0.1) is 0 Å². The number of hydrogen-bond acceptors (Lipinski definition) is 4. The van der Waals surface area contributed by atoms with E-state index in [1.165, 1.54) is 5.56 Å². The van der Waals surface area contributed by atoms with Crippen LogP contribution in [0.25, 0.3) is 0 Å². The summed E-state index contributed by atoms with van der Waals surface area (Å²) in [5.74, 6) is 0. The van der Waals surface area contributed by atoms with Gasteiger partial charge >= 0.3 is 0 Å². The molecular formula is C21H26N2O2. The lowest BCUT2D eigenvalue weighted by Crippen LogP contribution is -2.60. The molecule has 1 N–H and O–H groups in total. The summed E-state index contributed by atoms with van der Waals surface area (Å²) in [6.45, 7) is 6.36. The number of piperidine rings is 1. The Morgan fingerprint density at radius 1 is 1.16 bits per heavy atom. The highest BCUT2D eigenvalue weighted by Crippen LogP contribution is 2.41. The van der Waals surface area contributed by atoms with Gasteiger partial charge in [-0.25, -0.2) is 0 Å². The van der Waals surface area contributed by atoms with E-state index in [0.717, 1.165) is 23.4 Å². The molecule has 0 aliphatic carbocycles. The Balaban J connectivity index is 1.60. The molecule has 4 nitrogen and oxygen atoms in total. The number of nitrogens with zero attached hydrogens (tertiary/aromatic N) is 2. The van der Waals surface area contributed by atoms with Crippen LogP contribution in [0.3, 0.4) is 0 Å². The molecule has 4 rings (SSSR count). The Bertz CT molecular complexity index is 733. The van der Waals surface area contributed by atoms with E-state index in [1.54, 1.807) is 0 Å². The Morgan fingerprint density at radius 3 is 2.48 bits per heavy atom. The minimum absolute atomic E-state index is 0.222. The first kappa shape index (κ1) is 16.7. The highest BCUT2D eigenvalue weighted by Gasteiger charge is 2.48. The molecule has 3 heterocycles.